The largest absolute Gasteiger partial charge is 0.481 e. The molecule has 0 aliphatic heterocycles. The first-order valence-corrected chi connectivity index (χ1v) is 8.53. The van der Waals surface area contributed by atoms with Gasteiger partial charge in [-0.1, -0.05) is 30.3 Å². The second kappa shape index (κ2) is 8.15. The van der Waals surface area contributed by atoms with Gasteiger partial charge in [0.05, 0.1) is 18.1 Å². The number of ether oxygens (including phenoxy) is 1. The molecular weight excluding hydrogens is 330 g/mol. The Morgan fingerprint density at radius 1 is 1.12 bits per heavy atom. The minimum absolute atomic E-state index is 0.252. The van der Waals surface area contributed by atoms with Crippen LogP contribution < -0.4 is 5.32 Å². The zero-order valence-corrected chi connectivity index (χ0v) is 15.6. The van der Waals surface area contributed by atoms with Crippen LogP contribution in [-0.4, -0.2) is 22.6 Å². The Kier molecular flexibility index (Phi) is 6.16. The van der Waals surface area contributed by atoms with Gasteiger partial charge in [-0.15, -0.1) is 0 Å². The number of carbonyl (C=O) groups excluding carboxylic acids is 1. The molecule has 1 atom stereocenters. The van der Waals surface area contributed by atoms with Crippen molar-refractivity contribution in [2.45, 2.75) is 45.8 Å². The maximum atomic E-state index is 12.7. The zero-order chi connectivity index (χ0) is 19.3. The van der Waals surface area contributed by atoms with E-state index in [9.17, 15) is 9.59 Å². The van der Waals surface area contributed by atoms with Gasteiger partial charge in [0.25, 0.3) is 5.91 Å². The van der Waals surface area contributed by atoms with Crippen molar-refractivity contribution in [3.8, 4) is 0 Å². The van der Waals surface area contributed by atoms with Crippen LogP contribution in [0.5, 0.6) is 0 Å². The Bertz CT molecular complexity index is 793. The fraction of sp³-hybridized carbons (Fsp3) is 0.333. The summed E-state index contributed by atoms with van der Waals surface area (Å²) in [5, 5.41) is 12.0. The van der Waals surface area contributed by atoms with Gasteiger partial charge in [-0.2, -0.15) is 0 Å². The van der Waals surface area contributed by atoms with E-state index in [1.54, 1.807) is 43.3 Å². The standard InChI is InChI=1S/C21H25NO4/c1-14(20(24)25)15-9-7-10-17(12-15)22-19(23)18-11-6-5-8-16(18)13-26-21(2,3)4/h5-12,14H,13H2,1-4H3,(H,22,23)(H,24,25). The van der Waals surface area contributed by atoms with Gasteiger partial charge in [-0.3, -0.25) is 9.59 Å². The Balaban J connectivity index is 2.18. The average molecular weight is 355 g/mol. The van der Waals surface area contributed by atoms with Crippen LogP contribution >= 0.6 is 0 Å². The third kappa shape index (κ3) is 5.43. The molecule has 0 saturated carbocycles. The van der Waals surface area contributed by atoms with Crippen molar-refractivity contribution in [1.29, 1.82) is 0 Å². The van der Waals surface area contributed by atoms with E-state index in [-0.39, 0.29) is 11.5 Å². The number of anilines is 1. The van der Waals surface area contributed by atoms with Crippen molar-refractivity contribution in [2.75, 3.05) is 5.32 Å². The summed E-state index contributed by atoms with van der Waals surface area (Å²) in [6.45, 7) is 7.84. The summed E-state index contributed by atoms with van der Waals surface area (Å²) in [4.78, 5) is 23.8. The zero-order valence-electron chi connectivity index (χ0n) is 15.6. The van der Waals surface area contributed by atoms with Crippen LogP contribution in [0, 0.1) is 0 Å². The van der Waals surface area contributed by atoms with Crippen LogP contribution in [0.15, 0.2) is 48.5 Å². The average Bonchev–Trinajstić information content (AvgIpc) is 2.59. The topological polar surface area (TPSA) is 75.6 Å². The maximum Gasteiger partial charge on any atom is 0.310 e. The van der Waals surface area contributed by atoms with E-state index in [0.29, 0.717) is 23.4 Å². The first kappa shape index (κ1) is 19.7. The number of carboxylic acid groups (broad SMARTS) is 1. The second-order valence-corrected chi connectivity index (χ2v) is 7.20. The lowest BCUT2D eigenvalue weighted by Gasteiger charge is -2.20. The van der Waals surface area contributed by atoms with Crippen molar-refractivity contribution in [3.05, 3.63) is 65.2 Å². The smallest absolute Gasteiger partial charge is 0.310 e. The van der Waals surface area contributed by atoms with E-state index in [4.69, 9.17) is 9.84 Å². The fourth-order valence-corrected chi connectivity index (χ4v) is 2.39. The monoisotopic (exact) mass is 355 g/mol. The molecule has 0 heterocycles. The Morgan fingerprint density at radius 3 is 2.46 bits per heavy atom. The van der Waals surface area contributed by atoms with Gasteiger partial charge in [0.15, 0.2) is 0 Å². The first-order valence-electron chi connectivity index (χ1n) is 8.53. The molecule has 2 rings (SSSR count). The van der Waals surface area contributed by atoms with Gasteiger partial charge in [0.2, 0.25) is 0 Å². The van der Waals surface area contributed by atoms with Crippen molar-refractivity contribution >= 4 is 17.6 Å². The first-order chi connectivity index (χ1) is 12.2. The summed E-state index contributed by atoms with van der Waals surface area (Å²) in [6.07, 6.45) is 0. The lowest BCUT2D eigenvalue weighted by Crippen LogP contribution is -2.21. The Hall–Kier alpha value is -2.66. The molecule has 0 saturated heterocycles. The molecule has 5 nitrogen and oxygen atoms in total. The van der Waals surface area contributed by atoms with Gasteiger partial charge in [-0.05, 0) is 57.0 Å². The number of carbonyl (C=O) groups is 2. The van der Waals surface area contributed by atoms with Crippen molar-refractivity contribution in [2.24, 2.45) is 0 Å². The minimum Gasteiger partial charge on any atom is -0.481 e. The molecule has 2 N–H and O–H groups in total. The van der Waals surface area contributed by atoms with Gasteiger partial charge in [0.1, 0.15) is 0 Å². The number of nitrogens with one attached hydrogen (secondary N) is 1. The third-order valence-electron chi connectivity index (χ3n) is 3.94. The fourth-order valence-electron chi connectivity index (χ4n) is 2.39. The summed E-state index contributed by atoms with van der Waals surface area (Å²) in [7, 11) is 0. The van der Waals surface area contributed by atoms with E-state index in [0.717, 1.165) is 5.56 Å². The Labute approximate surface area is 154 Å². The lowest BCUT2D eigenvalue weighted by molar-refractivity contribution is -0.138. The summed E-state index contributed by atoms with van der Waals surface area (Å²) in [5.41, 5.74) is 2.24. The van der Waals surface area contributed by atoms with Crippen molar-refractivity contribution < 1.29 is 19.4 Å². The summed E-state index contributed by atoms with van der Waals surface area (Å²) in [5.74, 6) is -1.80. The molecule has 0 aliphatic rings. The molecule has 0 spiro atoms. The van der Waals surface area contributed by atoms with Crippen molar-refractivity contribution in [1.82, 2.24) is 0 Å². The van der Waals surface area contributed by atoms with E-state index >= 15 is 0 Å². The number of amides is 1. The van der Waals surface area contributed by atoms with E-state index < -0.39 is 11.9 Å². The highest BCUT2D eigenvalue weighted by Crippen LogP contribution is 2.21. The molecule has 1 unspecified atom stereocenters. The quantitative estimate of drug-likeness (QED) is 0.803. The van der Waals surface area contributed by atoms with E-state index in [1.165, 1.54) is 0 Å². The van der Waals surface area contributed by atoms with Crippen LogP contribution in [0.3, 0.4) is 0 Å². The summed E-state index contributed by atoms with van der Waals surface area (Å²) in [6, 6.07) is 14.2. The molecule has 0 fully saturated rings. The molecule has 2 aromatic carbocycles. The number of aliphatic carboxylic acids is 1. The summed E-state index contributed by atoms with van der Waals surface area (Å²) >= 11 is 0. The van der Waals surface area contributed by atoms with E-state index in [2.05, 4.69) is 5.32 Å². The maximum absolute atomic E-state index is 12.7. The normalized spacial score (nSPS) is 12.5. The minimum atomic E-state index is -0.904. The van der Waals surface area contributed by atoms with E-state index in [1.807, 2.05) is 32.9 Å². The molecule has 138 valence electrons. The second-order valence-electron chi connectivity index (χ2n) is 7.20. The number of rotatable bonds is 6. The predicted octanol–water partition coefficient (Wildman–Crippen LogP) is 4.44. The molecule has 0 aliphatic carbocycles. The number of hydrogen-bond acceptors (Lipinski definition) is 3. The molecular formula is C21H25NO4. The highest BCUT2D eigenvalue weighted by Gasteiger charge is 2.17. The number of hydrogen-bond donors (Lipinski definition) is 2. The van der Waals surface area contributed by atoms with Gasteiger partial charge >= 0.3 is 5.97 Å². The van der Waals surface area contributed by atoms with Gasteiger partial charge < -0.3 is 15.2 Å². The van der Waals surface area contributed by atoms with Crippen molar-refractivity contribution in [3.63, 3.8) is 0 Å². The number of carboxylic acids is 1. The molecule has 2 aromatic rings. The number of benzene rings is 2. The highest BCUT2D eigenvalue weighted by atomic mass is 16.5. The van der Waals surface area contributed by atoms with Crippen LogP contribution in [0.2, 0.25) is 0 Å². The molecule has 26 heavy (non-hydrogen) atoms. The lowest BCUT2D eigenvalue weighted by atomic mass is 10.0. The summed E-state index contributed by atoms with van der Waals surface area (Å²) < 4.78 is 5.79. The molecule has 1 amide bonds. The van der Waals surface area contributed by atoms with Gasteiger partial charge in [-0.25, -0.2) is 0 Å². The van der Waals surface area contributed by atoms with Crippen LogP contribution in [0.1, 0.15) is 55.1 Å². The third-order valence-corrected chi connectivity index (χ3v) is 3.94. The van der Waals surface area contributed by atoms with Gasteiger partial charge in [0, 0.05) is 11.3 Å². The van der Waals surface area contributed by atoms with Crippen LogP contribution in [-0.2, 0) is 16.1 Å². The van der Waals surface area contributed by atoms with Crippen LogP contribution in [0.4, 0.5) is 5.69 Å². The highest BCUT2D eigenvalue weighted by molar-refractivity contribution is 6.05. The molecule has 0 radical (unpaired) electrons. The molecule has 0 bridgehead atoms. The molecule has 5 heteroatoms. The SMILES string of the molecule is CC(C(=O)O)c1cccc(NC(=O)c2ccccc2COC(C)(C)C)c1. The predicted molar refractivity (Wildman–Crippen MR) is 101 cm³/mol. The molecule has 0 aromatic heterocycles. The van der Waals surface area contributed by atoms with Crippen LogP contribution in [0.25, 0.3) is 0 Å². The Morgan fingerprint density at radius 2 is 1.81 bits per heavy atom.